The number of unbranched alkanes of at least 4 members (excludes halogenated alkanes) is 1. The Labute approximate surface area is 101 Å². The fraction of sp³-hybridized carbons (Fsp3) is 1.00. The van der Waals surface area contributed by atoms with Crippen molar-refractivity contribution in [1.29, 1.82) is 0 Å². The van der Waals surface area contributed by atoms with Gasteiger partial charge in [0.2, 0.25) is 0 Å². The molecular weight excluding hydrogens is 194 g/mol. The molecule has 0 aromatic carbocycles. The van der Waals surface area contributed by atoms with Crippen LogP contribution in [0.2, 0.25) is 0 Å². The van der Waals surface area contributed by atoms with Crippen molar-refractivity contribution < 1.29 is 0 Å². The van der Waals surface area contributed by atoms with Gasteiger partial charge in [-0.2, -0.15) is 0 Å². The average molecular weight is 223 g/mol. The first kappa shape index (κ1) is 12.4. The van der Waals surface area contributed by atoms with Crippen molar-refractivity contribution in [3.8, 4) is 0 Å². The topological polar surface area (TPSA) is 12.0 Å². The molecule has 2 rings (SSSR count). The van der Waals surface area contributed by atoms with Crippen molar-refractivity contribution in [1.82, 2.24) is 5.32 Å². The van der Waals surface area contributed by atoms with E-state index in [-0.39, 0.29) is 0 Å². The second kappa shape index (κ2) is 4.01. The minimum absolute atomic E-state index is 0.443. The Morgan fingerprint density at radius 3 is 2.38 bits per heavy atom. The molecule has 16 heavy (non-hydrogen) atoms. The van der Waals surface area contributed by atoms with Crippen LogP contribution >= 0.6 is 0 Å². The van der Waals surface area contributed by atoms with Gasteiger partial charge < -0.3 is 5.32 Å². The molecule has 0 aromatic rings. The van der Waals surface area contributed by atoms with Crippen LogP contribution in [0.15, 0.2) is 0 Å². The molecule has 2 aliphatic carbocycles. The normalized spacial score (nSPS) is 46.5. The van der Waals surface area contributed by atoms with Crippen LogP contribution in [0.4, 0.5) is 0 Å². The Balaban J connectivity index is 2.18. The summed E-state index contributed by atoms with van der Waals surface area (Å²) >= 11 is 0. The molecule has 2 fully saturated rings. The molecule has 94 valence electrons. The highest BCUT2D eigenvalue weighted by molar-refractivity contribution is 5.17. The average Bonchev–Trinajstić information content (AvgIpc) is 2.75. The zero-order chi connectivity index (χ0) is 11.9. The van der Waals surface area contributed by atoms with Gasteiger partial charge in [-0.05, 0) is 56.4 Å². The summed E-state index contributed by atoms with van der Waals surface area (Å²) in [6.45, 7) is 7.23. The molecule has 1 nitrogen and oxygen atoms in total. The molecule has 0 aromatic heterocycles. The van der Waals surface area contributed by atoms with Gasteiger partial charge >= 0.3 is 0 Å². The molecular formula is C15H29N. The highest BCUT2D eigenvalue weighted by atomic mass is 15.0. The van der Waals surface area contributed by atoms with Crippen LogP contribution in [0.3, 0.4) is 0 Å². The summed E-state index contributed by atoms with van der Waals surface area (Å²) < 4.78 is 0. The molecule has 2 bridgehead atoms. The summed E-state index contributed by atoms with van der Waals surface area (Å²) in [7, 11) is 2.18. The fourth-order valence-corrected chi connectivity index (χ4v) is 4.93. The lowest BCUT2D eigenvalue weighted by atomic mass is 9.66. The molecule has 0 spiro atoms. The van der Waals surface area contributed by atoms with E-state index < -0.39 is 0 Å². The van der Waals surface area contributed by atoms with E-state index in [4.69, 9.17) is 0 Å². The third-order valence-electron chi connectivity index (χ3n) is 5.95. The van der Waals surface area contributed by atoms with Gasteiger partial charge in [0.15, 0.2) is 0 Å². The van der Waals surface area contributed by atoms with E-state index in [2.05, 4.69) is 33.1 Å². The van der Waals surface area contributed by atoms with Crippen LogP contribution in [-0.2, 0) is 0 Å². The quantitative estimate of drug-likeness (QED) is 0.739. The van der Waals surface area contributed by atoms with Gasteiger partial charge in [-0.15, -0.1) is 0 Å². The Hall–Kier alpha value is -0.0400. The van der Waals surface area contributed by atoms with E-state index in [9.17, 15) is 0 Å². The van der Waals surface area contributed by atoms with Gasteiger partial charge in [0.05, 0.1) is 0 Å². The molecule has 1 N–H and O–H groups in total. The molecule has 1 heteroatoms. The number of rotatable bonds is 5. The van der Waals surface area contributed by atoms with Crippen molar-refractivity contribution in [2.45, 2.75) is 77.7 Å². The molecule has 0 heterocycles. The minimum Gasteiger partial charge on any atom is -0.314 e. The lowest BCUT2D eigenvalue weighted by Crippen LogP contribution is -2.53. The van der Waals surface area contributed by atoms with Gasteiger partial charge in [-0.3, -0.25) is 0 Å². The summed E-state index contributed by atoms with van der Waals surface area (Å²) in [5.41, 5.74) is 1.72. The molecule has 3 unspecified atom stereocenters. The summed E-state index contributed by atoms with van der Waals surface area (Å²) in [6, 6.07) is 0. The SMILES string of the molecule is CCCCC12CCC(C)(C1)C(CC)(NC)C2. The van der Waals surface area contributed by atoms with Crippen molar-refractivity contribution >= 4 is 0 Å². The molecule has 0 saturated heterocycles. The van der Waals surface area contributed by atoms with Gasteiger partial charge in [0.1, 0.15) is 0 Å². The van der Waals surface area contributed by atoms with Gasteiger partial charge in [0.25, 0.3) is 0 Å². The molecule has 0 radical (unpaired) electrons. The second-order valence-corrected chi connectivity index (χ2v) is 6.70. The molecule has 3 atom stereocenters. The predicted octanol–water partition coefficient (Wildman–Crippen LogP) is 4.13. The van der Waals surface area contributed by atoms with Crippen LogP contribution in [0, 0.1) is 10.8 Å². The van der Waals surface area contributed by atoms with E-state index in [0.717, 1.165) is 0 Å². The first-order chi connectivity index (χ1) is 7.55. The van der Waals surface area contributed by atoms with Crippen LogP contribution in [0.5, 0.6) is 0 Å². The van der Waals surface area contributed by atoms with E-state index in [1.165, 1.54) is 51.4 Å². The lowest BCUT2D eigenvalue weighted by Gasteiger charge is -2.46. The van der Waals surface area contributed by atoms with Crippen LogP contribution in [0.1, 0.15) is 72.1 Å². The zero-order valence-electron chi connectivity index (χ0n) is 11.7. The smallest absolute Gasteiger partial charge is 0.0234 e. The number of fused-ring (bicyclic) bond motifs is 2. The predicted molar refractivity (Wildman–Crippen MR) is 70.6 cm³/mol. The summed E-state index contributed by atoms with van der Waals surface area (Å²) in [5, 5.41) is 3.70. The van der Waals surface area contributed by atoms with Crippen LogP contribution < -0.4 is 5.32 Å². The van der Waals surface area contributed by atoms with Gasteiger partial charge in [-0.25, -0.2) is 0 Å². The lowest BCUT2D eigenvalue weighted by molar-refractivity contribution is 0.105. The molecule has 2 saturated carbocycles. The maximum Gasteiger partial charge on any atom is 0.0234 e. The zero-order valence-corrected chi connectivity index (χ0v) is 11.7. The summed E-state index contributed by atoms with van der Waals surface area (Å²) in [4.78, 5) is 0. The summed E-state index contributed by atoms with van der Waals surface area (Å²) in [6.07, 6.45) is 11.4. The number of nitrogens with one attached hydrogen (secondary N) is 1. The van der Waals surface area contributed by atoms with E-state index >= 15 is 0 Å². The third-order valence-corrected chi connectivity index (χ3v) is 5.95. The molecule has 0 amide bonds. The highest BCUT2D eigenvalue weighted by Gasteiger charge is 2.63. The Kier molecular flexibility index (Phi) is 3.11. The fourth-order valence-electron chi connectivity index (χ4n) is 4.93. The van der Waals surface area contributed by atoms with Gasteiger partial charge in [0, 0.05) is 5.54 Å². The van der Waals surface area contributed by atoms with Crippen molar-refractivity contribution in [2.75, 3.05) is 7.05 Å². The number of hydrogen-bond acceptors (Lipinski definition) is 1. The van der Waals surface area contributed by atoms with Crippen LogP contribution in [0.25, 0.3) is 0 Å². The number of hydrogen-bond donors (Lipinski definition) is 1. The first-order valence-corrected chi connectivity index (χ1v) is 7.24. The van der Waals surface area contributed by atoms with Crippen LogP contribution in [-0.4, -0.2) is 12.6 Å². The Morgan fingerprint density at radius 2 is 1.88 bits per heavy atom. The third kappa shape index (κ3) is 1.54. The maximum absolute atomic E-state index is 3.70. The Bertz CT molecular complexity index is 256. The molecule has 2 aliphatic rings. The molecule has 0 aliphatic heterocycles. The summed E-state index contributed by atoms with van der Waals surface area (Å²) in [5.74, 6) is 0. The Morgan fingerprint density at radius 1 is 1.12 bits per heavy atom. The first-order valence-electron chi connectivity index (χ1n) is 7.24. The van der Waals surface area contributed by atoms with Crippen molar-refractivity contribution in [3.63, 3.8) is 0 Å². The van der Waals surface area contributed by atoms with E-state index in [0.29, 0.717) is 16.4 Å². The van der Waals surface area contributed by atoms with Crippen molar-refractivity contribution in [3.05, 3.63) is 0 Å². The van der Waals surface area contributed by atoms with Crippen molar-refractivity contribution in [2.24, 2.45) is 10.8 Å². The van der Waals surface area contributed by atoms with Gasteiger partial charge in [-0.1, -0.05) is 33.6 Å². The monoisotopic (exact) mass is 223 g/mol. The largest absolute Gasteiger partial charge is 0.314 e. The van der Waals surface area contributed by atoms with E-state index in [1.54, 1.807) is 0 Å². The highest BCUT2D eigenvalue weighted by Crippen LogP contribution is 2.68. The second-order valence-electron chi connectivity index (χ2n) is 6.70. The van der Waals surface area contributed by atoms with E-state index in [1.807, 2.05) is 0 Å². The standard InChI is InChI=1S/C15H29N/c1-5-7-8-14-10-9-13(3,11-14)15(6-2,12-14)16-4/h16H,5-12H2,1-4H3. The maximum atomic E-state index is 3.70. The minimum atomic E-state index is 0.443.